The van der Waals surface area contributed by atoms with Gasteiger partial charge in [-0.05, 0) is 30.2 Å². The van der Waals surface area contributed by atoms with Crippen molar-refractivity contribution in [1.82, 2.24) is 5.32 Å². The lowest BCUT2D eigenvalue weighted by Crippen LogP contribution is -2.34. The van der Waals surface area contributed by atoms with Crippen molar-refractivity contribution >= 4 is 21.8 Å². The number of carbonyl (C=O) groups excluding carboxylic acids is 1. The highest BCUT2D eigenvalue weighted by molar-refractivity contribution is 9.10. The van der Waals surface area contributed by atoms with Crippen molar-refractivity contribution in [2.75, 3.05) is 6.54 Å². The molecule has 2 atom stereocenters. The van der Waals surface area contributed by atoms with Crippen LogP contribution in [-0.2, 0) is 4.79 Å². The van der Waals surface area contributed by atoms with Gasteiger partial charge in [0.2, 0.25) is 5.91 Å². The van der Waals surface area contributed by atoms with Crippen molar-refractivity contribution in [1.29, 1.82) is 0 Å². The van der Waals surface area contributed by atoms with Crippen LogP contribution in [0.3, 0.4) is 0 Å². The number of hydrogen-bond donors (Lipinski definition) is 3. The monoisotopic (exact) mass is 301 g/mol. The van der Waals surface area contributed by atoms with E-state index in [0.717, 1.165) is 10.0 Å². The standard InChI is InChI=1S/C12H16BrNO3/c1-7-5-9(13)3-4-10(7)12(17)11(16)6-14-8(2)15/h3-5,11-12,16-17H,6H2,1-2H3,(H,14,15). The van der Waals surface area contributed by atoms with Gasteiger partial charge in [-0.3, -0.25) is 4.79 Å². The molecule has 0 aliphatic heterocycles. The van der Waals surface area contributed by atoms with E-state index < -0.39 is 12.2 Å². The number of amides is 1. The molecular weight excluding hydrogens is 286 g/mol. The maximum absolute atomic E-state index is 10.7. The summed E-state index contributed by atoms with van der Waals surface area (Å²) in [7, 11) is 0. The highest BCUT2D eigenvalue weighted by atomic mass is 79.9. The summed E-state index contributed by atoms with van der Waals surface area (Å²) < 4.78 is 0.919. The van der Waals surface area contributed by atoms with Crippen LogP contribution in [0.4, 0.5) is 0 Å². The molecule has 17 heavy (non-hydrogen) atoms. The quantitative estimate of drug-likeness (QED) is 0.785. The van der Waals surface area contributed by atoms with Crippen molar-refractivity contribution in [2.24, 2.45) is 0 Å². The first-order valence-corrected chi connectivity index (χ1v) is 6.07. The highest BCUT2D eigenvalue weighted by Crippen LogP contribution is 2.23. The molecule has 3 N–H and O–H groups in total. The molecule has 1 amide bonds. The SMILES string of the molecule is CC(=O)NCC(O)C(O)c1ccc(Br)cc1C. The van der Waals surface area contributed by atoms with Crippen LogP contribution in [-0.4, -0.2) is 28.8 Å². The smallest absolute Gasteiger partial charge is 0.216 e. The maximum Gasteiger partial charge on any atom is 0.216 e. The zero-order valence-corrected chi connectivity index (χ0v) is 11.4. The topological polar surface area (TPSA) is 69.6 Å². The lowest BCUT2D eigenvalue weighted by molar-refractivity contribution is -0.119. The van der Waals surface area contributed by atoms with Gasteiger partial charge >= 0.3 is 0 Å². The molecule has 0 spiro atoms. The number of aliphatic hydroxyl groups is 2. The van der Waals surface area contributed by atoms with E-state index in [1.54, 1.807) is 12.1 Å². The van der Waals surface area contributed by atoms with E-state index in [9.17, 15) is 15.0 Å². The summed E-state index contributed by atoms with van der Waals surface area (Å²) in [4.78, 5) is 10.7. The molecule has 4 nitrogen and oxygen atoms in total. The lowest BCUT2D eigenvalue weighted by Gasteiger charge is -2.20. The number of carbonyl (C=O) groups is 1. The van der Waals surface area contributed by atoms with Crippen LogP contribution in [0.2, 0.25) is 0 Å². The third-order valence-corrected chi connectivity index (χ3v) is 2.97. The second-order valence-electron chi connectivity index (χ2n) is 3.95. The summed E-state index contributed by atoms with van der Waals surface area (Å²) in [6.45, 7) is 3.25. The molecule has 1 rings (SSSR count). The molecule has 1 aromatic carbocycles. The average molecular weight is 302 g/mol. The Morgan fingerprint density at radius 1 is 1.47 bits per heavy atom. The maximum atomic E-state index is 10.7. The van der Waals surface area contributed by atoms with Crippen molar-refractivity contribution in [3.8, 4) is 0 Å². The fraction of sp³-hybridized carbons (Fsp3) is 0.417. The summed E-state index contributed by atoms with van der Waals surface area (Å²) in [6, 6.07) is 5.42. The third-order valence-electron chi connectivity index (χ3n) is 2.48. The average Bonchev–Trinajstić information content (AvgIpc) is 2.25. The van der Waals surface area contributed by atoms with Gasteiger partial charge in [0.15, 0.2) is 0 Å². The first-order chi connectivity index (χ1) is 7.91. The molecule has 0 heterocycles. The summed E-state index contributed by atoms with van der Waals surface area (Å²) in [6.07, 6.45) is -2.02. The van der Waals surface area contributed by atoms with Crippen molar-refractivity contribution < 1.29 is 15.0 Å². The van der Waals surface area contributed by atoms with Crippen LogP contribution in [0.5, 0.6) is 0 Å². The predicted molar refractivity (Wildman–Crippen MR) is 68.5 cm³/mol. The highest BCUT2D eigenvalue weighted by Gasteiger charge is 2.20. The molecule has 2 unspecified atom stereocenters. The Labute approximate surface area is 109 Å². The minimum Gasteiger partial charge on any atom is -0.388 e. The Hall–Kier alpha value is -0.910. The molecule has 0 saturated heterocycles. The zero-order chi connectivity index (χ0) is 13.0. The van der Waals surface area contributed by atoms with Crippen LogP contribution in [0, 0.1) is 6.92 Å². The van der Waals surface area contributed by atoms with Gasteiger partial charge < -0.3 is 15.5 Å². The van der Waals surface area contributed by atoms with Crippen LogP contribution in [0.25, 0.3) is 0 Å². The molecule has 0 bridgehead atoms. The van der Waals surface area contributed by atoms with Gasteiger partial charge in [0.05, 0.1) is 0 Å². The van der Waals surface area contributed by atoms with E-state index in [4.69, 9.17) is 0 Å². The minimum atomic E-state index is -1.02. The van der Waals surface area contributed by atoms with Crippen molar-refractivity contribution in [3.05, 3.63) is 33.8 Å². The molecule has 1 aromatic rings. The second kappa shape index (κ2) is 6.14. The molecule has 0 saturated carbocycles. The van der Waals surface area contributed by atoms with Gasteiger partial charge in [0.1, 0.15) is 12.2 Å². The minimum absolute atomic E-state index is 0.0337. The molecule has 0 aliphatic rings. The third kappa shape index (κ3) is 4.11. The van der Waals surface area contributed by atoms with Gasteiger partial charge in [-0.2, -0.15) is 0 Å². The number of aliphatic hydroxyl groups excluding tert-OH is 2. The van der Waals surface area contributed by atoms with Crippen molar-refractivity contribution in [3.63, 3.8) is 0 Å². The Bertz CT molecular complexity index is 409. The van der Waals surface area contributed by atoms with Crippen LogP contribution in [0.15, 0.2) is 22.7 Å². The normalized spacial score (nSPS) is 14.2. The molecular formula is C12H16BrNO3. The zero-order valence-electron chi connectivity index (χ0n) is 9.77. The van der Waals surface area contributed by atoms with Gasteiger partial charge in [-0.15, -0.1) is 0 Å². The Morgan fingerprint density at radius 3 is 2.65 bits per heavy atom. The summed E-state index contributed by atoms with van der Waals surface area (Å²) in [5, 5.41) is 22.2. The summed E-state index contributed by atoms with van der Waals surface area (Å²) in [5.41, 5.74) is 1.54. The number of aryl methyl sites for hydroxylation is 1. The largest absolute Gasteiger partial charge is 0.388 e. The molecule has 0 radical (unpaired) electrons. The number of rotatable bonds is 4. The van der Waals surface area contributed by atoms with Gasteiger partial charge in [-0.1, -0.05) is 22.0 Å². The number of halogens is 1. The molecule has 0 aliphatic carbocycles. The van der Waals surface area contributed by atoms with Crippen molar-refractivity contribution in [2.45, 2.75) is 26.1 Å². The van der Waals surface area contributed by atoms with Crippen LogP contribution >= 0.6 is 15.9 Å². The van der Waals surface area contributed by atoms with E-state index >= 15 is 0 Å². The lowest BCUT2D eigenvalue weighted by atomic mass is 9.99. The molecule has 0 fully saturated rings. The van der Waals surface area contributed by atoms with E-state index in [-0.39, 0.29) is 12.5 Å². The number of benzene rings is 1. The number of hydrogen-bond acceptors (Lipinski definition) is 3. The Kier molecular flexibility index (Phi) is 5.11. The second-order valence-corrected chi connectivity index (χ2v) is 4.87. The van der Waals surface area contributed by atoms with E-state index in [2.05, 4.69) is 21.2 Å². The first kappa shape index (κ1) is 14.2. The van der Waals surface area contributed by atoms with E-state index in [1.165, 1.54) is 6.92 Å². The Balaban J connectivity index is 2.74. The molecule has 0 aromatic heterocycles. The Morgan fingerprint density at radius 2 is 2.12 bits per heavy atom. The van der Waals surface area contributed by atoms with Gasteiger partial charge in [0, 0.05) is 17.9 Å². The fourth-order valence-corrected chi connectivity index (χ4v) is 2.01. The van der Waals surface area contributed by atoms with Gasteiger partial charge in [0.25, 0.3) is 0 Å². The van der Waals surface area contributed by atoms with Crippen LogP contribution < -0.4 is 5.32 Å². The summed E-state index contributed by atoms with van der Waals surface area (Å²) >= 11 is 3.33. The number of nitrogens with one attached hydrogen (secondary N) is 1. The fourth-order valence-electron chi connectivity index (χ4n) is 1.54. The molecule has 94 valence electrons. The van der Waals surface area contributed by atoms with E-state index in [1.807, 2.05) is 13.0 Å². The van der Waals surface area contributed by atoms with Gasteiger partial charge in [-0.25, -0.2) is 0 Å². The predicted octanol–water partition coefficient (Wildman–Crippen LogP) is 1.29. The summed E-state index contributed by atoms with van der Waals surface area (Å²) in [5.74, 6) is -0.233. The van der Waals surface area contributed by atoms with E-state index in [0.29, 0.717) is 5.56 Å². The molecule has 5 heteroatoms. The first-order valence-electron chi connectivity index (χ1n) is 5.28. The van der Waals surface area contributed by atoms with Crippen LogP contribution in [0.1, 0.15) is 24.2 Å².